The normalized spacial score (nSPS) is 12.2. The maximum absolute atomic E-state index is 13.2. The Morgan fingerprint density at radius 1 is 1.03 bits per heavy atom. The molecule has 0 saturated carbocycles. The summed E-state index contributed by atoms with van der Waals surface area (Å²) in [6.07, 6.45) is -4.59. The van der Waals surface area contributed by atoms with Crippen molar-refractivity contribution in [1.29, 1.82) is 0 Å². The highest BCUT2D eigenvalue weighted by Crippen LogP contribution is 2.36. The highest BCUT2D eigenvalue weighted by atomic mass is 35.5. The monoisotopic (exact) mass is 473 g/mol. The first-order valence-corrected chi connectivity index (χ1v) is 9.95. The first kappa shape index (κ1) is 22.3. The highest BCUT2D eigenvalue weighted by Gasteiger charge is 2.34. The molecule has 4 rings (SSSR count). The van der Waals surface area contributed by atoms with Crippen LogP contribution in [0.2, 0.25) is 5.02 Å². The van der Waals surface area contributed by atoms with Gasteiger partial charge in [0.2, 0.25) is 18.4 Å². The van der Waals surface area contributed by atoms with Gasteiger partial charge in [-0.25, -0.2) is 0 Å². The number of hydrogen-bond donors (Lipinski definition) is 1. The van der Waals surface area contributed by atoms with Crippen LogP contribution in [0.3, 0.4) is 0 Å². The van der Waals surface area contributed by atoms with Crippen LogP contribution in [-0.2, 0) is 11.0 Å². The van der Waals surface area contributed by atoms with E-state index in [4.69, 9.17) is 20.8 Å². The molecule has 1 N–H and O–H groups in total. The number of benzene rings is 3. The molecule has 0 unspecified atom stereocenters. The Balaban J connectivity index is 1.58. The van der Waals surface area contributed by atoms with Crippen LogP contribution in [-0.4, -0.2) is 16.1 Å². The molecule has 0 radical (unpaired) electrons. The molecule has 0 aliphatic carbocycles. The fourth-order valence-corrected chi connectivity index (χ4v) is 3.26. The first-order chi connectivity index (χ1) is 15.8. The maximum atomic E-state index is 13.2. The Morgan fingerprint density at radius 3 is 2.39 bits per heavy atom. The molecule has 33 heavy (non-hydrogen) atoms. The van der Waals surface area contributed by atoms with E-state index in [1.807, 2.05) is 0 Å². The SMILES string of the molecule is O=C(Nc1ccc(Cl)c(C(F)(F)F)c1)[C@H](Oc1ccc(-c2nnco2)cc1)c1ccccc1. The lowest BCUT2D eigenvalue weighted by Crippen LogP contribution is -2.26. The lowest BCUT2D eigenvalue weighted by atomic mass is 10.1. The summed E-state index contributed by atoms with van der Waals surface area (Å²) in [5.41, 5.74) is 0.0613. The van der Waals surface area contributed by atoms with Crippen molar-refractivity contribution in [3.05, 3.63) is 95.3 Å². The Bertz CT molecular complexity index is 1230. The number of anilines is 1. The van der Waals surface area contributed by atoms with Gasteiger partial charge < -0.3 is 14.5 Å². The van der Waals surface area contributed by atoms with E-state index < -0.39 is 28.8 Å². The first-order valence-electron chi connectivity index (χ1n) is 9.57. The number of carbonyl (C=O) groups is 1. The molecule has 0 spiro atoms. The zero-order chi connectivity index (χ0) is 23.4. The van der Waals surface area contributed by atoms with E-state index in [2.05, 4.69) is 15.5 Å². The van der Waals surface area contributed by atoms with Crippen LogP contribution >= 0.6 is 11.6 Å². The third-order valence-electron chi connectivity index (χ3n) is 4.59. The van der Waals surface area contributed by atoms with Crippen LogP contribution in [0.15, 0.2) is 83.6 Å². The number of nitrogens with one attached hydrogen (secondary N) is 1. The summed E-state index contributed by atoms with van der Waals surface area (Å²) in [5, 5.41) is 9.46. The Labute approximate surface area is 191 Å². The molecule has 0 aliphatic heterocycles. The van der Waals surface area contributed by atoms with Crippen molar-refractivity contribution < 1.29 is 27.1 Å². The van der Waals surface area contributed by atoms with E-state index >= 15 is 0 Å². The Morgan fingerprint density at radius 2 is 1.76 bits per heavy atom. The second-order valence-electron chi connectivity index (χ2n) is 6.86. The zero-order valence-electron chi connectivity index (χ0n) is 16.7. The number of nitrogens with zero attached hydrogens (tertiary/aromatic N) is 2. The number of rotatable bonds is 6. The second kappa shape index (κ2) is 9.33. The third kappa shape index (κ3) is 5.32. The molecule has 168 valence electrons. The van der Waals surface area contributed by atoms with Crippen molar-refractivity contribution >= 4 is 23.2 Å². The van der Waals surface area contributed by atoms with Gasteiger partial charge in [0.05, 0.1) is 10.6 Å². The molecule has 0 fully saturated rings. The molecular weight excluding hydrogens is 459 g/mol. The number of carbonyl (C=O) groups excluding carboxylic acids is 1. The zero-order valence-corrected chi connectivity index (χ0v) is 17.5. The van der Waals surface area contributed by atoms with Crippen molar-refractivity contribution in [2.45, 2.75) is 12.3 Å². The van der Waals surface area contributed by atoms with Crippen molar-refractivity contribution in [2.75, 3.05) is 5.32 Å². The number of amides is 1. The lowest BCUT2D eigenvalue weighted by molar-refractivity contribution is -0.137. The van der Waals surface area contributed by atoms with Crippen LogP contribution in [0.5, 0.6) is 5.75 Å². The fraction of sp³-hybridized carbons (Fsp3) is 0.0870. The number of hydrogen-bond acceptors (Lipinski definition) is 5. The van der Waals surface area contributed by atoms with Crippen LogP contribution in [0.1, 0.15) is 17.2 Å². The molecule has 3 aromatic carbocycles. The smallest absolute Gasteiger partial charge is 0.417 e. The quantitative estimate of drug-likeness (QED) is 0.362. The molecule has 10 heteroatoms. The van der Waals surface area contributed by atoms with Crippen molar-refractivity contribution in [3.63, 3.8) is 0 Å². The van der Waals surface area contributed by atoms with Gasteiger partial charge in [-0.2, -0.15) is 13.2 Å². The van der Waals surface area contributed by atoms with Gasteiger partial charge in [0.1, 0.15) is 5.75 Å². The maximum Gasteiger partial charge on any atom is 0.417 e. The van der Waals surface area contributed by atoms with Gasteiger partial charge in [-0.1, -0.05) is 41.9 Å². The summed E-state index contributed by atoms with van der Waals surface area (Å²) in [7, 11) is 0. The van der Waals surface area contributed by atoms with Gasteiger partial charge in [0, 0.05) is 16.8 Å². The van der Waals surface area contributed by atoms with E-state index in [1.165, 1.54) is 12.5 Å². The Hall–Kier alpha value is -3.85. The Kier molecular flexibility index (Phi) is 6.32. The van der Waals surface area contributed by atoms with Crippen LogP contribution < -0.4 is 10.1 Å². The lowest BCUT2D eigenvalue weighted by Gasteiger charge is -2.20. The van der Waals surface area contributed by atoms with Crippen LogP contribution in [0, 0.1) is 0 Å². The summed E-state index contributed by atoms with van der Waals surface area (Å²) < 4.78 is 50.6. The molecule has 1 aromatic heterocycles. The number of alkyl halides is 3. The summed E-state index contributed by atoms with van der Waals surface area (Å²) in [6.45, 7) is 0. The third-order valence-corrected chi connectivity index (χ3v) is 4.92. The molecule has 1 amide bonds. The number of aromatic nitrogens is 2. The van der Waals surface area contributed by atoms with Gasteiger partial charge in [0.25, 0.3) is 5.91 Å². The predicted molar refractivity (Wildman–Crippen MR) is 115 cm³/mol. The van der Waals surface area contributed by atoms with Crippen molar-refractivity contribution in [3.8, 4) is 17.2 Å². The minimum Gasteiger partial charge on any atom is -0.476 e. The molecule has 1 heterocycles. The molecular formula is C23H15ClF3N3O3. The number of ether oxygens (including phenoxy) is 1. The minimum absolute atomic E-state index is 0.0620. The van der Waals surface area contributed by atoms with Crippen molar-refractivity contribution in [1.82, 2.24) is 10.2 Å². The minimum atomic E-state index is -4.66. The molecule has 6 nitrogen and oxygen atoms in total. The molecule has 0 bridgehead atoms. The van der Waals surface area contributed by atoms with Crippen LogP contribution in [0.4, 0.5) is 18.9 Å². The van der Waals surface area contributed by atoms with Gasteiger partial charge >= 0.3 is 6.18 Å². The van der Waals surface area contributed by atoms with E-state index in [9.17, 15) is 18.0 Å². The van der Waals surface area contributed by atoms with Gasteiger partial charge in [-0.05, 0) is 42.5 Å². The largest absolute Gasteiger partial charge is 0.476 e. The van der Waals surface area contributed by atoms with E-state index in [1.54, 1.807) is 54.6 Å². The fourth-order valence-electron chi connectivity index (χ4n) is 3.04. The average Bonchev–Trinajstić information content (AvgIpc) is 3.34. The molecule has 4 aromatic rings. The predicted octanol–water partition coefficient (Wildman–Crippen LogP) is 6.17. The van der Waals surface area contributed by atoms with Gasteiger partial charge in [-0.15, -0.1) is 10.2 Å². The summed E-state index contributed by atoms with van der Waals surface area (Å²) in [5.74, 6) is 0.0223. The standard InChI is InChI=1S/C23H15ClF3N3O3/c24-19-11-8-16(12-18(19)23(25,26)27)29-21(31)20(14-4-2-1-3-5-14)33-17-9-6-15(7-10-17)22-30-28-13-32-22/h1-13,20H,(H,29,31)/t20-/m1/s1. The van der Waals surface area contributed by atoms with E-state index in [0.717, 1.165) is 12.1 Å². The summed E-state index contributed by atoms with van der Waals surface area (Å²) in [6, 6.07) is 18.3. The summed E-state index contributed by atoms with van der Waals surface area (Å²) in [4.78, 5) is 13.0. The molecule has 0 saturated heterocycles. The highest BCUT2D eigenvalue weighted by molar-refractivity contribution is 6.31. The van der Waals surface area contributed by atoms with Gasteiger partial charge in [0.15, 0.2) is 0 Å². The van der Waals surface area contributed by atoms with Crippen molar-refractivity contribution in [2.24, 2.45) is 0 Å². The molecule has 0 aliphatic rings. The van der Waals surface area contributed by atoms with Gasteiger partial charge in [-0.3, -0.25) is 4.79 Å². The summed E-state index contributed by atoms with van der Waals surface area (Å²) >= 11 is 5.66. The van der Waals surface area contributed by atoms with Crippen LogP contribution in [0.25, 0.3) is 11.5 Å². The molecule has 1 atom stereocenters. The average molecular weight is 474 g/mol. The topological polar surface area (TPSA) is 77.2 Å². The van der Waals surface area contributed by atoms with E-state index in [0.29, 0.717) is 22.8 Å². The number of halogens is 4. The second-order valence-corrected chi connectivity index (χ2v) is 7.27. The van der Waals surface area contributed by atoms with E-state index in [-0.39, 0.29) is 5.69 Å².